The molecule has 106 valence electrons. The number of hydrogen-bond acceptors (Lipinski definition) is 3. The van der Waals surface area contributed by atoms with Gasteiger partial charge in [-0.1, -0.05) is 65.1 Å². The average molecular weight is 345 g/mol. The van der Waals surface area contributed by atoms with Gasteiger partial charge in [-0.05, 0) is 12.5 Å². The molecule has 1 aliphatic heterocycles. The lowest BCUT2D eigenvalue weighted by Gasteiger charge is -2.12. The number of alkyl halides is 3. The second kappa shape index (κ2) is 5.39. The first-order valence-corrected chi connectivity index (χ1v) is 8.02. The highest BCUT2D eigenvalue weighted by atomic mass is 35.6. The first-order valence-electron chi connectivity index (χ1n) is 5.52. The van der Waals surface area contributed by atoms with E-state index in [1.807, 2.05) is 30.3 Å². The fraction of sp³-hybridized carbons (Fsp3) is 0.455. The molecule has 0 spiro atoms. The van der Waals surface area contributed by atoms with E-state index in [1.165, 1.54) is 4.31 Å². The minimum absolute atomic E-state index is 0.164. The maximum Gasteiger partial charge on any atom is 0.339 e. The van der Waals surface area contributed by atoms with Crippen molar-refractivity contribution in [3.05, 3.63) is 35.9 Å². The van der Waals surface area contributed by atoms with Crippen molar-refractivity contribution >= 4 is 45.1 Å². The van der Waals surface area contributed by atoms with Crippen molar-refractivity contribution < 1.29 is 12.6 Å². The van der Waals surface area contributed by atoms with Crippen LogP contribution in [-0.2, 0) is 14.5 Å². The van der Waals surface area contributed by atoms with Gasteiger partial charge >= 0.3 is 10.3 Å². The van der Waals surface area contributed by atoms with Gasteiger partial charge in [0.2, 0.25) is 3.79 Å². The fourth-order valence-electron chi connectivity index (χ4n) is 1.94. The molecule has 1 fully saturated rings. The Morgan fingerprint density at radius 2 is 1.84 bits per heavy atom. The molecule has 1 aliphatic rings. The fourth-order valence-corrected chi connectivity index (χ4v) is 3.79. The van der Waals surface area contributed by atoms with Crippen LogP contribution in [0.25, 0.3) is 0 Å². The van der Waals surface area contributed by atoms with Crippen LogP contribution < -0.4 is 0 Å². The standard InChI is InChI=1S/C11H12Cl3NO3S/c1-8-10(9-5-3-2-4-6-9)15(8)19(16,17)18-7-11(12,13)14/h2-6,8,10H,7H2,1H3/t8-,10+,15?/m1/s1. The molecule has 1 aromatic carbocycles. The molecule has 4 nitrogen and oxygen atoms in total. The highest BCUT2D eigenvalue weighted by Crippen LogP contribution is 2.46. The maximum atomic E-state index is 12.0. The average Bonchev–Trinajstić information content (AvgIpc) is 3.00. The van der Waals surface area contributed by atoms with E-state index in [4.69, 9.17) is 39.0 Å². The Kier molecular flexibility index (Phi) is 4.35. The van der Waals surface area contributed by atoms with Crippen LogP contribution in [0.15, 0.2) is 30.3 Å². The minimum atomic E-state index is -3.89. The van der Waals surface area contributed by atoms with Crippen molar-refractivity contribution in [2.75, 3.05) is 6.61 Å². The highest BCUT2D eigenvalue weighted by Gasteiger charge is 2.54. The molecule has 3 atom stereocenters. The Morgan fingerprint density at radius 1 is 1.26 bits per heavy atom. The van der Waals surface area contributed by atoms with Crippen LogP contribution in [0.1, 0.15) is 18.5 Å². The number of halogens is 3. The zero-order valence-electron chi connectivity index (χ0n) is 9.96. The molecule has 2 rings (SSSR count). The van der Waals surface area contributed by atoms with E-state index in [0.717, 1.165) is 5.56 Å². The Balaban J connectivity index is 2.08. The molecular formula is C11H12Cl3NO3S. The van der Waals surface area contributed by atoms with Gasteiger partial charge in [0.15, 0.2) is 0 Å². The Labute approximate surface area is 127 Å². The Hall–Kier alpha value is -0.0400. The number of rotatable bonds is 4. The van der Waals surface area contributed by atoms with Gasteiger partial charge in [0.05, 0.1) is 6.04 Å². The number of nitrogens with zero attached hydrogens (tertiary/aromatic N) is 1. The van der Waals surface area contributed by atoms with Gasteiger partial charge < -0.3 is 0 Å². The van der Waals surface area contributed by atoms with Gasteiger partial charge in [0.1, 0.15) is 6.61 Å². The summed E-state index contributed by atoms with van der Waals surface area (Å²) in [7, 11) is -3.89. The van der Waals surface area contributed by atoms with Crippen molar-refractivity contribution in [2.45, 2.75) is 22.8 Å². The topological polar surface area (TPSA) is 46.4 Å². The Morgan fingerprint density at radius 3 is 2.37 bits per heavy atom. The summed E-state index contributed by atoms with van der Waals surface area (Å²) in [4.78, 5) is 0. The zero-order chi connectivity index (χ0) is 14.3. The molecule has 0 aromatic heterocycles. The molecule has 1 saturated heterocycles. The van der Waals surface area contributed by atoms with Gasteiger partial charge in [0.25, 0.3) is 0 Å². The maximum absolute atomic E-state index is 12.0. The molecule has 0 bridgehead atoms. The van der Waals surface area contributed by atoms with Gasteiger partial charge in [-0.15, -0.1) is 0 Å². The van der Waals surface area contributed by atoms with E-state index < -0.39 is 20.7 Å². The first kappa shape index (κ1) is 15.4. The van der Waals surface area contributed by atoms with Crippen molar-refractivity contribution in [2.24, 2.45) is 0 Å². The van der Waals surface area contributed by atoms with Crippen LogP contribution in [-0.4, -0.2) is 29.2 Å². The van der Waals surface area contributed by atoms with Crippen molar-refractivity contribution in [3.8, 4) is 0 Å². The lowest BCUT2D eigenvalue weighted by molar-refractivity contribution is 0.303. The molecule has 0 N–H and O–H groups in total. The van der Waals surface area contributed by atoms with Gasteiger partial charge in [-0.25, -0.2) is 0 Å². The summed E-state index contributed by atoms with van der Waals surface area (Å²) in [5.74, 6) is 0. The van der Waals surface area contributed by atoms with Gasteiger partial charge in [-0.3, -0.25) is 4.18 Å². The summed E-state index contributed by atoms with van der Waals surface area (Å²) < 4.78 is 28.2. The van der Waals surface area contributed by atoms with E-state index in [1.54, 1.807) is 6.92 Å². The van der Waals surface area contributed by atoms with E-state index in [0.29, 0.717) is 0 Å². The summed E-state index contributed by atoms with van der Waals surface area (Å²) >= 11 is 16.4. The van der Waals surface area contributed by atoms with E-state index in [2.05, 4.69) is 0 Å². The summed E-state index contributed by atoms with van der Waals surface area (Å²) in [5.41, 5.74) is 0.913. The van der Waals surface area contributed by atoms with Crippen LogP contribution >= 0.6 is 34.8 Å². The molecule has 0 radical (unpaired) electrons. The van der Waals surface area contributed by atoms with E-state index in [9.17, 15) is 8.42 Å². The van der Waals surface area contributed by atoms with Crippen molar-refractivity contribution in [3.63, 3.8) is 0 Å². The quantitative estimate of drug-likeness (QED) is 0.623. The summed E-state index contributed by atoms with van der Waals surface area (Å²) in [6, 6.07) is 8.93. The van der Waals surface area contributed by atoms with Crippen LogP contribution in [0, 0.1) is 0 Å². The lowest BCUT2D eigenvalue weighted by Crippen LogP contribution is -2.23. The smallest absolute Gasteiger partial charge is 0.253 e. The van der Waals surface area contributed by atoms with Crippen molar-refractivity contribution in [1.82, 2.24) is 4.31 Å². The summed E-state index contributed by atoms with van der Waals surface area (Å²) in [6.45, 7) is 1.29. The van der Waals surface area contributed by atoms with Gasteiger partial charge in [0, 0.05) is 6.04 Å². The molecule has 0 aliphatic carbocycles. The van der Waals surface area contributed by atoms with Crippen LogP contribution in [0.4, 0.5) is 0 Å². The van der Waals surface area contributed by atoms with Crippen LogP contribution in [0.3, 0.4) is 0 Å². The minimum Gasteiger partial charge on any atom is -0.253 e. The molecule has 1 heterocycles. The predicted octanol–water partition coefficient (Wildman–Crippen LogP) is 3.06. The first-order chi connectivity index (χ1) is 8.72. The lowest BCUT2D eigenvalue weighted by atomic mass is 10.1. The predicted molar refractivity (Wildman–Crippen MR) is 75.6 cm³/mol. The second-order valence-electron chi connectivity index (χ2n) is 4.26. The third-order valence-electron chi connectivity index (χ3n) is 2.81. The molecule has 0 amide bonds. The monoisotopic (exact) mass is 343 g/mol. The largest absolute Gasteiger partial charge is 0.339 e. The molecular weight excluding hydrogens is 333 g/mol. The summed E-state index contributed by atoms with van der Waals surface area (Å²) in [6.07, 6.45) is 0. The van der Waals surface area contributed by atoms with Crippen LogP contribution in [0.2, 0.25) is 0 Å². The number of benzene rings is 1. The van der Waals surface area contributed by atoms with Gasteiger partial charge in [-0.2, -0.15) is 12.7 Å². The zero-order valence-corrected chi connectivity index (χ0v) is 13.0. The van der Waals surface area contributed by atoms with E-state index >= 15 is 0 Å². The number of hydrogen-bond donors (Lipinski definition) is 0. The highest BCUT2D eigenvalue weighted by molar-refractivity contribution is 7.84. The van der Waals surface area contributed by atoms with Crippen molar-refractivity contribution in [1.29, 1.82) is 0 Å². The van der Waals surface area contributed by atoms with E-state index in [-0.39, 0.29) is 12.1 Å². The molecule has 1 unspecified atom stereocenters. The second-order valence-corrected chi connectivity index (χ2v) is 8.29. The SMILES string of the molecule is C[C@@H]1[C@@H](c2ccccc2)N1S(=O)(=O)OCC(Cl)(Cl)Cl. The normalized spacial score (nSPS) is 27.3. The molecule has 1 aromatic rings. The molecule has 8 heteroatoms. The van der Waals surface area contributed by atoms with Crippen LogP contribution in [0.5, 0.6) is 0 Å². The molecule has 0 saturated carbocycles. The Bertz CT molecular complexity index is 544. The third kappa shape index (κ3) is 3.74. The molecule has 19 heavy (non-hydrogen) atoms. The summed E-state index contributed by atoms with van der Waals surface area (Å²) in [5, 5.41) is 0. The third-order valence-corrected chi connectivity index (χ3v) is 4.63.